The van der Waals surface area contributed by atoms with Gasteiger partial charge >= 0.3 is 11.9 Å². The lowest BCUT2D eigenvalue weighted by atomic mass is 9.31. The molecule has 0 unspecified atom stereocenters. The molecule has 2 aliphatic heterocycles. The van der Waals surface area contributed by atoms with E-state index in [0.717, 1.165) is 30.4 Å². The highest BCUT2D eigenvalue weighted by Gasteiger charge is 2.91. The Kier molecular flexibility index (Phi) is 7.14. The van der Waals surface area contributed by atoms with Gasteiger partial charge in [-0.2, -0.15) is 0 Å². The number of carbonyl (C=O) groups is 2. The van der Waals surface area contributed by atoms with E-state index in [0.29, 0.717) is 67.7 Å². The number of aliphatic hydroxyl groups is 1. The maximum Gasteiger partial charge on any atom is 0.339 e. The first kappa shape index (κ1) is 29.8. The minimum absolute atomic E-state index is 0.125. The minimum Gasteiger partial charge on any atom is -0.509 e. The van der Waals surface area contributed by atoms with Gasteiger partial charge < -0.3 is 20.3 Å². The van der Waals surface area contributed by atoms with Crippen LogP contribution < -0.4 is 5.73 Å². The summed E-state index contributed by atoms with van der Waals surface area (Å²) in [5, 5.41) is 12.2. The predicted molar refractivity (Wildman–Crippen MR) is 175 cm³/mol. The maximum absolute atomic E-state index is 14.3. The van der Waals surface area contributed by atoms with Crippen molar-refractivity contribution in [2.24, 2.45) is 52.1 Å². The van der Waals surface area contributed by atoms with Crippen LogP contribution in [0.3, 0.4) is 0 Å². The van der Waals surface area contributed by atoms with E-state index in [1.165, 1.54) is 19.3 Å². The summed E-state index contributed by atoms with van der Waals surface area (Å²) >= 11 is 0. The van der Waals surface area contributed by atoms with Crippen LogP contribution in [0.1, 0.15) is 92.6 Å². The molecule has 0 aromatic heterocycles. The predicted octanol–water partition coefficient (Wildman–Crippen LogP) is 7.21. The van der Waals surface area contributed by atoms with Crippen molar-refractivity contribution >= 4 is 11.9 Å². The summed E-state index contributed by atoms with van der Waals surface area (Å²) in [7, 11) is 0. The van der Waals surface area contributed by atoms with Gasteiger partial charge in [-0.3, -0.25) is 4.79 Å². The number of esters is 2. The molecule has 1 saturated heterocycles. The molecule has 0 radical (unpaired) electrons. The molecular weight excluding hydrogens is 574 g/mol. The molecule has 3 N–H and O–H groups in total. The van der Waals surface area contributed by atoms with Crippen molar-refractivity contribution in [3.05, 3.63) is 82.9 Å². The third-order valence-corrected chi connectivity index (χ3v) is 12.7. The van der Waals surface area contributed by atoms with Gasteiger partial charge in [-0.1, -0.05) is 80.3 Å². The average molecular weight is 620 g/mol. The molecule has 8 rings (SSSR count). The van der Waals surface area contributed by atoms with E-state index >= 15 is 0 Å². The van der Waals surface area contributed by atoms with E-state index in [4.69, 9.17) is 15.2 Å². The van der Waals surface area contributed by atoms with Crippen LogP contribution in [0.25, 0.3) is 0 Å². The molecule has 0 amide bonds. The molecule has 9 atom stereocenters. The first-order valence-electron chi connectivity index (χ1n) is 17.6. The van der Waals surface area contributed by atoms with Crippen LogP contribution in [-0.4, -0.2) is 23.6 Å². The lowest BCUT2D eigenvalue weighted by Gasteiger charge is -2.69. The molecule has 6 heteroatoms. The third kappa shape index (κ3) is 3.81. The number of hydrogen-bond donors (Lipinski definition) is 2. The zero-order valence-corrected chi connectivity index (χ0v) is 26.8. The van der Waals surface area contributed by atoms with Gasteiger partial charge in [0.1, 0.15) is 11.2 Å². The average Bonchev–Trinajstić information content (AvgIpc) is 3.52. The number of carbonyl (C=O) groups excluding carboxylic acids is 2. The quantitative estimate of drug-likeness (QED) is 0.190. The van der Waals surface area contributed by atoms with Crippen LogP contribution in [0, 0.1) is 58.2 Å². The maximum atomic E-state index is 14.3. The Hall–Kier alpha value is -3.56. The van der Waals surface area contributed by atoms with E-state index in [1.54, 1.807) is 0 Å². The van der Waals surface area contributed by atoms with Gasteiger partial charge in [0, 0.05) is 30.2 Å². The Morgan fingerprint density at radius 1 is 1.13 bits per heavy atom. The van der Waals surface area contributed by atoms with Crippen LogP contribution in [0.2, 0.25) is 0 Å². The first-order valence-corrected chi connectivity index (χ1v) is 17.6. The van der Waals surface area contributed by atoms with Crippen molar-refractivity contribution in [2.45, 2.75) is 83.2 Å². The second-order valence-corrected chi connectivity index (χ2v) is 14.8. The van der Waals surface area contributed by atoms with E-state index in [9.17, 15) is 14.7 Å². The molecule has 46 heavy (non-hydrogen) atoms. The van der Waals surface area contributed by atoms with Gasteiger partial charge in [-0.05, 0) is 80.7 Å². The number of allylic oxidation sites excluding steroid dienone is 6. The highest BCUT2D eigenvalue weighted by molar-refractivity contribution is 5.99. The van der Waals surface area contributed by atoms with Crippen molar-refractivity contribution in [1.29, 1.82) is 0 Å². The molecule has 1 aromatic rings. The van der Waals surface area contributed by atoms with E-state index in [-0.39, 0.29) is 35.5 Å². The molecule has 2 saturated carbocycles. The number of aryl methyl sites for hydroxylation is 1. The molecular formula is C40H45NO5. The van der Waals surface area contributed by atoms with Crippen molar-refractivity contribution in [3.63, 3.8) is 0 Å². The zero-order chi connectivity index (χ0) is 31.7. The van der Waals surface area contributed by atoms with Gasteiger partial charge in [0.05, 0.1) is 11.0 Å². The van der Waals surface area contributed by atoms with Gasteiger partial charge in [0.25, 0.3) is 0 Å². The van der Waals surface area contributed by atoms with E-state index in [2.05, 4.69) is 49.1 Å². The molecule has 1 aromatic carbocycles. The molecule has 6 nitrogen and oxygen atoms in total. The summed E-state index contributed by atoms with van der Waals surface area (Å²) in [6.45, 7) is 2.63. The van der Waals surface area contributed by atoms with Crippen LogP contribution >= 0.6 is 0 Å². The summed E-state index contributed by atoms with van der Waals surface area (Å²) in [4.78, 5) is 28.3. The largest absolute Gasteiger partial charge is 0.509 e. The standard InChI is InChI=1S/C40H45NO5/c1-2-9-33-38-20-19-25-10-5-11-26(22-29-15-6-13-27-12-3-4-17-30(27)29)23-32(42)35(45-37(38)44)39(38,24-25)40(33)31-18-7-14-28(16-8-21-41)34(31)36(43)46-40/h3-4,7,12,14,17-20,25-27,29-30,33,42H,2,6,8-9,11,13,15-16,21-24,41H2,1H3/b35-32+/t25-,26-,27+,29-,30-,33+,38+,39-,40-/m1/s1. The number of benzene rings is 1. The van der Waals surface area contributed by atoms with Gasteiger partial charge in [0.15, 0.2) is 11.4 Å². The van der Waals surface area contributed by atoms with Gasteiger partial charge in [-0.15, -0.1) is 5.92 Å². The Bertz CT molecular complexity index is 1660. The fourth-order valence-corrected chi connectivity index (χ4v) is 11.0. The summed E-state index contributed by atoms with van der Waals surface area (Å²) in [6, 6.07) is 5.99. The van der Waals surface area contributed by atoms with Crippen molar-refractivity contribution in [2.75, 3.05) is 6.54 Å². The SMILES string of the molecule is CCC[C@@H]1[C@@]2(OC(=O)c3c(CCCN)cccc32)[C@]23C[C@@H]4C#CC[C@H](C[C@H]5CCC[C@@H]6C=CC=C[C@@H]56)C/C(O)=C/2OC(=O)[C@]13C=C4. The van der Waals surface area contributed by atoms with Gasteiger partial charge in [-0.25, -0.2) is 4.79 Å². The number of hydrogen-bond acceptors (Lipinski definition) is 6. The van der Waals surface area contributed by atoms with Crippen LogP contribution in [0.4, 0.5) is 0 Å². The third-order valence-electron chi connectivity index (χ3n) is 12.7. The smallest absolute Gasteiger partial charge is 0.339 e. The fourth-order valence-electron chi connectivity index (χ4n) is 11.0. The molecule has 5 aliphatic carbocycles. The van der Waals surface area contributed by atoms with E-state index < -0.39 is 16.4 Å². The number of aliphatic hydroxyl groups excluding tert-OH is 1. The summed E-state index contributed by atoms with van der Waals surface area (Å²) in [5.41, 5.74) is 5.01. The molecule has 3 fully saturated rings. The molecule has 2 heterocycles. The highest BCUT2D eigenvalue weighted by atomic mass is 16.6. The first-order chi connectivity index (χ1) is 22.4. The monoisotopic (exact) mass is 619 g/mol. The Balaban J connectivity index is 1.26. The molecule has 2 bridgehead atoms. The second-order valence-electron chi connectivity index (χ2n) is 14.8. The van der Waals surface area contributed by atoms with Crippen molar-refractivity contribution in [3.8, 4) is 11.8 Å². The minimum atomic E-state index is -1.13. The normalized spacial score (nSPS) is 41.1. The zero-order valence-electron chi connectivity index (χ0n) is 26.8. The number of nitrogens with two attached hydrogens (primary N) is 1. The molecule has 7 aliphatic rings. The summed E-state index contributed by atoms with van der Waals surface area (Å²) in [5.74, 6) is 8.11. The Morgan fingerprint density at radius 3 is 2.85 bits per heavy atom. The highest BCUT2D eigenvalue weighted by Crippen LogP contribution is 2.84. The lowest BCUT2D eigenvalue weighted by molar-refractivity contribution is -0.273. The molecule has 240 valence electrons. The number of fused-ring (bicyclic) bond motifs is 4. The second kappa shape index (κ2) is 11.0. The fraction of sp³-hybridized carbons (Fsp3) is 0.550. The van der Waals surface area contributed by atoms with Crippen molar-refractivity contribution in [1.82, 2.24) is 0 Å². The Labute approximate surface area is 272 Å². The van der Waals surface area contributed by atoms with Crippen LogP contribution in [-0.2, 0) is 26.3 Å². The lowest BCUT2D eigenvalue weighted by Crippen LogP contribution is -2.75. The van der Waals surface area contributed by atoms with Gasteiger partial charge in [0.2, 0.25) is 0 Å². The number of rotatable bonds is 7. The Morgan fingerprint density at radius 2 is 2.00 bits per heavy atom. The van der Waals surface area contributed by atoms with Crippen LogP contribution in [0.15, 0.2) is 66.2 Å². The summed E-state index contributed by atoms with van der Waals surface area (Å²) < 4.78 is 13.0. The topological polar surface area (TPSA) is 98.8 Å². The molecule has 2 spiro atoms. The number of ether oxygens (including phenoxy) is 2. The summed E-state index contributed by atoms with van der Waals surface area (Å²) in [6.07, 6.45) is 22.2. The van der Waals surface area contributed by atoms with E-state index in [1.807, 2.05) is 24.3 Å². The van der Waals surface area contributed by atoms with Crippen molar-refractivity contribution < 1.29 is 24.2 Å². The van der Waals surface area contributed by atoms with Crippen LogP contribution in [0.5, 0.6) is 0 Å².